The standard InChI is InChI=1S/C25H29N3O2/c1-3-4-16-30-24(29)20-12-14-28(15-13-20)25-26-22-11-10-18(2)17-21(22)23(27-25)19-8-6-5-7-9-19/h5-11,17,20H,3-4,12-16H2,1-2H3. The summed E-state index contributed by atoms with van der Waals surface area (Å²) in [5.41, 5.74) is 4.19. The Balaban J connectivity index is 1.57. The number of rotatable bonds is 6. The molecule has 0 atom stereocenters. The topological polar surface area (TPSA) is 55.3 Å². The van der Waals surface area contributed by atoms with Gasteiger partial charge < -0.3 is 9.64 Å². The molecule has 0 unspecified atom stereocenters. The zero-order valence-corrected chi connectivity index (χ0v) is 17.8. The highest BCUT2D eigenvalue weighted by atomic mass is 16.5. The molecule has 1 aliphatic rings. The molecule has 0 aliphatic carbocycles. The van der Waals surface area contributed by atoms with Crippen molar-refractivity contribution < 1.29 is 9.53 Å². The van der Waals surface area contributed by atoms with Crippen molar-refractivity contribution in [3.8, 4) is 11.3 Å². The van der Waals surface area contributed by atoms with Gasteiger partial charge in [-0.2, -0.15) is 0 Å². The number of benzene rings is 2. The summed E-state index contributed by atoms with van der Waals surface area (Å²) in [5, 5.41) is 1.07. The molecular weight excluding hydrogens is 374 g/mol. The summed E-state index contributed by atoms with van der Waals surface area (Å²) in [6.07, 6.45) is 3.52. The molecule has 0 amide bonds. The summed E-state index contributed by atoms with van der Waals surface area (Å²) < 4.78 is 5.42. The number of ether oxygens (including phenoxy) is 1. The third kappa shape index (κ3) is 4.45. The Kier molecular flexibility index (Phi) is 6.26. The van der Waals surface area contributed by atoms with Crippen molar-refractivity contribution in [1.29, 1.82) is 0 Å². The lowest BCUT2D eigenvalue weighted by molar-refractivity contribution is -0.149. The molecule has 1 aromatic heterocycles. The number of carbonyl (C=O) groups is 1. The van der Waals surface area contributed by atoms with Crippen LogP contribution in [0.25, 0.3) is 22.2 Å². The first kappa shape index (κ1) is 20.3. The molecule has 2 heterocycles. The number of nitrogens with zero attached hydrogens (tertiary/aromatic N) is 3. The second kappa shape index (κ2) is 9.24. The largest absolute Gasteiger partial charge is 0.465 e. The summed E-state index contributed by atoms with van der Waals surface area (Å²) in [7, 11) is 0. The van der Waals surface area contributed by atoms with Gasteiger partial charge in [0.2, 0.25) is 5.95 Å². The van der Waals surface area contributed by atoms with Crippen LogP contribution >= 0.6 is 0 Å². The molecule has 156 valence electrons. The molecule has 0 bridgehead atoms. The third-order valence-corrected chi connectivity index (χ3v) is 5.74. The first-order chi connectivity index (χ1) is 14.7. The number of piperidine rings is 1. The maximum atomic E-state index is 12.3. The first-order valence-electron chi connectivity index (χ1n) is 10.9. The Morgan fingerprint density at radius 1 is 1.10 bits per heavy atom. The molecule has 3 aromatic rings. The SMILES string of the molecule is CCCCOC(=O)C1CCN(c2nc(-c3ccccc3)c3cc(C)ccc3n2)CC1. The lowest BCUT2D eigenvalue weighted by Gasteiger charge is -2.31. The maximum absolute atomic E-state index is 12.3. The second-order valence-corrected chi connectivity index (χ2v) is 8.04. The number of esters is 1. The Labute approximate surface area is 178 Å². The molecule has 5 nitrogen and oxygen atoms in total. The van der Waals surface area contributed by atoms with Crippen LogP contribution in [0, 0.1) is 12.8 Å². The van der Waals surface area contributed by atoms with E-state index in [0.29, 0.717) is 6.61 Å². The maximum Gasteiger partial charge on any atom is 0.309 e. The van der Waals surface area contributed by atoms with E-state index in [1.54, 1.807) is 0 Å². The Morgan fingerprint density at radius 3 is 2.60 bits per heavy atom. The van der Waals surface area contributed by atoms with Crippen LogP contribution < -0.4 is 4.90 Å². The van der Waals surface area contributed by atoms with Crippen molar-refractivity contribution >= 4 is 22.8 Å². The highest BCUT2D eigenvalue weighted by molar-refractivity contribution is 5.93. The number of unbranched alkanes of at least 4 members (excludes halogenated alkanes) is 1. The fraction of sp³-hybridized carbons (Fsp3) is 0.400. The van der Waals surface area contributed by atoms with Gasteiger partial charge in [0.15, 0.2) is 0 Å². The predicted molar refractivity (Wildman–Crippen MR) is 121 cm³/mol. The van der Waals surface area contributed by atoms with Gasteiger partial charge in [0.25, 0.3) is 0 Å². The summed E-state index contributed by atoms with van der Waals surface area (Å²) in [6, 6.07) is 16.6. The molecule has 5 heteroatoms. The zero-order valence-electron chi connectivity index (χ0n) is 17.8. The molecule has 0 radical (unpaired) electrons. The predicted octanol–water partition coefficient (Wildman–Crippen LogP) is 5.16. The minimum Gasteiger partial charge on any atom is -0.465 e. The quantitative estimate of drug-likeness (QED) is 0.420. The normalized spacial score (nSPS) is 14.8. The molecule has 0 N–H and O–H groups in total. The van der Waals surface area contributed by atoms with Crippen molar-refractivity contribution in [3.63, 3.8) is 0 Å². The van der Waals surface area contributed by atoms with Gasteiger partial charge in [-0.1, -0.05) is 55.3 Å². The fourth-order valence-corrected chi connectivity index (χ4v) is 3.94. The Hall–Kier alpha value is -2.95. The summed E-state index contributed by atoms with van der Waals surface area (Å²) in [6.45, 7) is 6.24. The van der Waals surface area contributed by atoms with Crippen LogP contribution in [0.3, 0.4) is 0 Å². The van der Waals surface area contributed by atoms with Gasteiger partial charge in [0.1, 0.15) is 0 Å². The highest BCUT2D eigenvalue weighted by Crippen LogP contribution is 2.30. The lowest BCUT2D eigenvalue weighted by Crippen LogP contribution is -2.38. The molecule has 30 heavy (non-hydrogen) atoms. The molecule has 0 saturated carbocycles. The van der Waals surface area contributed by atoms with Crippen molar-refractivity contribution in [2.24, 2.45) is 5.92 Å². The van der Waals surface area contributed by atoms with E-state index in [9.17, 15) is 4.79 Å². The fourth-order valence-electron chi connectivity index (χ4n) is 3.94. The average Bonchev–Trinajstić information content (AvgIpc) is 2.79. The molecule has 1 saturated heterocycles. The van der Waals surface area contributed by atoms with Gasteiger partial charge in [0.05, 0.1) is 23.7 Å². The van der Waals surface area contributed by atoms with E-state index in [0.717, 1.165) is 66.9 Å². The molecule has 1 aliphatic heterocycles. The smallest absolute Gasteiger partial charge is 0.309 e. The van der Waals surface area contributed by atoms with Crippen LogP contribution in [0.15, 0.2) is 48.5 Å². The van der Waals surface area contributed by atoms with E-state index >= 15 is 0 Å². The van der Waals surface area contributed by atoms with Crippen molar-refractivity contribution in [2.45, 2.75) is 39.5 Å². The molecule has 1 fully saturated rings. The van der Waals surface area contributed by atoms with E-state index in [1.807, 2.05) is 18.2 Å². The van der Waals surface area contributed by atoms with Crippen LogP contribution in [0.1, 0.15) is 38.2 Å². The van der Waals surface area contributed by atoms with Crippen molar-refractivity contribution in [2.75, 3.05) is 24.6 Å². The highest BCUT2D eigenvalue weighted by Gasteiger charge is 2.27. The van der Waals surface area contributed by atoms with Gasteiger partial charge in [-0.15, -0.1) is 0 Å². The van der Waals surface area contributed by atoms with E-state index in [1.165, 1.54) is 5.56 Å². The summed E-state index contributed by atoms with van der Waals surface area (Å²) in [5.74, 6) is 0.667. The van der Waals surface area contributed by atoms with Crippen molar-refractivity contribution in [3.05, 3.63) is 54.1 Å². The first-order valence-corrected chi connectivity index (χ1v) is 10.9. The number of hydrogen-bond acceptors (Lipinski definition) is 5. The van der Waals surface area contributed by atoms with E-state index in [2.05, 4.69) is 49.1 Å². The van der Waals surface area contributed by atoms with E-state index < -0.39 is 0 Å². The van der Waals surface area contributed by atoms with Gasteiger partial charge in [-0.25, -0.2) is 9.97 Å². The van der Waals surface area contributed by atoms with E-state index in [-0.39, 0.29) is 11.9 Å². The lowest BCUT2D eigenvalue weighted by atomic mass is 9.97. The molecular formula is C25H29N3O2. The van der Waals surface area contributed by atoms with Crippen LogP contribution in [0.2, 0.25) is 0 Å². The second-order valence-electron chi connectivity index (χ2n) is 8.04. The van der Waals surface area contributed by atoms with Crippen LogP contribution in [-0.4, -0.2) is 35.6 Å². The average molecular weight is 404 g/mol. The number of carbonyl (C=O) groups excluding carboxylic acids is 1. The Morgan fingerprint density at radius 2 is 1.87 bits per heavy atom. The molecule has 0 spiro atoms. The summed E-state index contributed by atoms with van der Waals surface area (Å²) >= 11 is 0. The number of aromatic nitrogens is 2. The number of aryl methyl sites for hydroxylation is 1. The zero-order chi connectivity index (χ0) is 20.9. The van der Waals surface area contributed by atoms with Crippen molar-refractivity contribution in [1.82, 2.24) is 9.97 Å². The minimum absolute atomic E-state index is 0.0187. The van der Waals surface area contributed by atoms with Gasteiger partial charge in [0, 0.05) is 24.0 Å². The summed E-state index contributed by atoms with van der Waals surface area (Å²) in [4.78, 5) is 24.3. The molecule has 4 rings (SSSR count). The van der Waals surface area contributed by atoms with E-state index in [4.69, 9.17) is 14.7 Å². The monoisotopic (exact) mass is 403 g/mol. The third-order valence-electron chi connectivity index (χ3n) is 5.74. The van der Waals surface area contributed by atoms with Crippen LogP contribution in [-0.2, 0) is 9.53 Å². The van der Waals surface area contributed by atoms with Gasteiger partial charge in [-0.05, 0) is 38.3 Å². The van der Waals surface area contributed by atoms with Gasteiger partial charge in [-0.3, -0.25) is 4.79 Å². The molecule has 2 aromatic carbocycles. The Bertz CT molecular complexity index is 1010. The number of fused-ring (bicyclic) bond motifs is 1. The number of hydrogen-bond donors (Lipinski definition) is 0. The van der Waals surface area contributed by atoms with Crippen LogP contribution in [0.4, 0.5) is 5.95 Å². The minimum atomic E-state index is -0.0528. The van der Waals surface area contributed by atoms with Gasteiger partial charge >= 0.3 is 5.97 Å². The number of anilines is 1. The van der Waals surface area contributed by atoms with Crippen LogP contribution in [0.5, 0.6) is 0 Å².